The average molecular weight is 423 g/mol. The lowest BCUT2D eigenvalue weighted by Gasteiger charge is -2.20. The number of nitrogens with zero attached hydrogens (tertiary/aromatic N) is 4. The highest BCUT2D eigenvalue weighted by Gasteiger charge is 2.28. The number of ether oxygens (including phenoxy) is 2. The van der Waals surface area contributed by atoms with Crippen LogP contribution in [0.4, 0.5) is 23.2 Å². The predicted molar refractivity (Wildman–Crippen MR) is 93.1 cm³/mol. The Bertz CT molecular complexity index is 807. The first kappa shape index (κ1) is 19.5. The zero-order valence-corrected chi connectivity index (χ0v) is 15.3. The topological polar surface area (TPSA) is 71.9 Å². The van der Waals surface area contributed by atoms with Crippen LogP contribution < -0.4 is 14.5 Å². The number of hydrogen-bond acceptors (Lipinski definition) is 9. The van der Waals surface area contributed by atoms with E-state index in [1.807, 2.05) is 0 Å². The molecule has 0 fully saturated rings. The van der Waals surface area contributed by atoms with Crippen molar-refractivity contribution in [2.45, 2.75) is 25.8 Å². The first-order valence-electron chi connectivity index (χ1n) is 7.40. The Hall–Kier alpha value is -2.28. The van der Waals surface area contributed by atoms with Gasteiger partial charge in [0.15, 0.2) is 0 Å². The highest BCUT2D eigenvalue weighted by atomic mass is 32.2. The Morgan fingerprint density at radius 2 is 2.15 bits per heavy atom. The van der Waals surface area contributed by atoms with E-state index in [-0.39, 0.29) is 5.75 Å². The van der Waals surface area contributed by atoms with Gasteiger partial charge in [0.1, 0.15) is 10.8 Å². The molecule has 7 nitrogen and oxygen atoms in total. The Labute approximate surface area is 159 Å². The summed E-state index contributed by atoms with van der Waals surface area (Å²) in [5.74, 6) is -0.718. The minimum absolute atomic E-state index is 0.0541. The van der Waals surface area contributed by atoms with Crippen LogP contribution in [0.3, 0.4) is 0 Å². The molecule has 0 aromatic carbocycles. The van der Waals surface area contributed by atoms with Crippen LogP contribution in [0.2, 0.25) is 0 Å². The van der Waals surface area contributed by atoms with Gasteiger partial charge in [0.25, 0.3) is 5.90 Å². The van der Waals surface area contributed by atoms with Gasteiger partial charge in [-0.1, -0.05) is 11.9 Å². The third-order valence-electron chi connectivity index (χ3n) is 3.26. The van der Waals surface area contributed by atoms with Gasteiger partial charge >= 0.3 is 13.0 Å². The summed E-state index contributed by atoms with van der Waals surface area (Å²) in [6.45, 7) is -2.61. The molecule has 1 aliphatic rings. The third kappa shape index (κ3) is 4.91. The highest BCUT2D eigenvalue weighted by Crippen LogP contribution is 2.30. The van der Waals surface area contributed by atoms with E-state index >= 15 is 0 Å². The van der Waals surface area contributed by atoms with Crippen molar-refractivity contribution in [2.24, 2.45) is 5.10 Å². The molecule has 2 aromatic rings. The highest BCUT2D eigenvalue weighted by molar-refractivity contribution is 7.99. The van der Waals surface area contributed by atoms with Crippen molar-refractivity contribution >= 4 is 34.9 Å². The summed E-state index contributed by atoms with van der Waals surface area (Å²) in [6, 6.07) is 1.44. The second kappa shape index (κ2) is 8.61. The fraction of sp³-hybridized carbons (Fsp3) is 0.357. The van der Waals surface area contributed by atoms with Gasteiger partial charge in [-0.25, -0.2) is 4.98 Å². The van der Waals surface area contributed by atoms with Gasteiger partial charge in [0, 0.05) is 18.5 Å². The molecule has 3 heterocycles. The van der Waals surface area contributed by atoms with E-state index in [0.29, 0.717) is 22.1 Å². The monoisotopic (exact) mass is 423 g/mol. The van der Waals surface area contributed by atoms with Crippen LogP contribution in [0.15, 0.2) is 29.8 Å². The van der Waals surface area contributed by atoms with E-state index in [9.17, 15) is 17.6 Å². The van der Waals surface area contributed by atoms with E-state index in [1.165, 1.54) is 47.9 Å². The number of rotatable bonds is 8. The summed E-state index contributed by atoms with van der Waals surface area (Å²) < 4.78 is 61.0. The van der Waals surface area contributed by atoms with Gasteiger partial charge in [-0.15, -0.1) is 16.4 Å². The number of hydrazone groups is 1. The Balaban J connectivity index is 1.67. The summed E-state index contributed by atoms with van der Waals surface area (Å²) in [4.78, 5) is 8.72. The van der Waals surface area contributed by atoms with E-state index in [1.54, 1.807) is 10.6 Å². The first-order valence-corrected chi connectivity index (χ1v) is 9.40. The molecule has 13 heteroatoms. The lowest BCUT2D eigenvalue weighted by atomic mass is 10.4. The van der Waals surface area contributed by atoms with Crippen LogP contribution in [0.1, 0.15) is 16.1 Å². The second-order valence-corrected chi connectivity index (χ2v) is 6.96. The van der Waals surface area contributed by atoms with Gasteiger partial charge in [-0.3, -0.25) is 10.4 Å². The number of nitrogens with one attached hydrogen (secondary N) is 1. The Morgan fingerprint density at radius 3 is 2.81 bits per heavy atom. The molecule has 1 atom stereocenters. The molecule has 3 rings (SSSR count). The molecule has 0 bridgehead atoms. The van der Waals surface area contributed by atoms with Crippen molar-refractivity contribution in [2.75, 3.05) is 10.6 Å². The average Bonchev–Trinajstić information content (AvgIpc) is 3.28. The molecular weight excluding hydrogens is 410 g/mol. The molecule has 2 aromatic heterocycles. The summed E-state index contributed by atoms with van der Waals surface area (Å²) in [6.07, 6.45) is 2.41. The molecule has 0 amide bonds. The van der Waals surface area contributed by atoms with Crippen molar-refractivity contribution in [1.82, 2.24) is 15.4 Å². The predicted octanol–water partition coefficient (Wildman–Crippen LogP) is 3.62. The number of pyridine rings is 1. The summed E-state index contributed by atoms with van der Waals surface area (Å²) in [5.41, 5.74) is 3.03. The minimum Gasteiger partial charge on any atom is -0.445 e. The normalized spacial score (nSPS) is 16.3. The number of thiazole rings is 1. The molecule has 0 saturated heterocycles. The summed E-state index contributed by atoms with van der Waals surface area (Å²) in [7, 11) is 0. The molecule has 0 spiro atoms. The van der Waals surface area contributed by atoms with Crippen molar-refractivity contribution in [3.05, 3.63) is 34.5 Å². The largest absolute Gasteiger partial charge is 0.445 e. The molecule has 1 N–H and O–H groups in total. The maximum atomic E-state index is 12.6. The molecule has 27 heavy (non-hydrogen) atoms. The van der Waals surface area contributed by atoms with Crippen molar-refractivity contribution < 1.29 is 27.0 Å². The van der Waals surface area contributed by atoms with E-state index in [0.717, 1.165) is 0 Å². The summed E-state index contributed by atoms with van der Waals surface area (Å²) >= 11 is 2.59. The van der Waals surface area contributed by atoms with Gasteiger partial charge < -0.3 is 13.8 Å². The molecule has 1 aliphatic heterocycles. The minimum atomic E-state index is -2.94. The number of halogens is 4. The zero-order valence-electron chi connectivity index (χ0n) is 13.7. The van der Waals surface area contributed by atoms with Crippen LogP contribution in [0, 0.1) is 0 Å². The van der Waals surface area contributed by atoms with Gasteiger partial charge in [0.2, 0.25) is 6.23 Å². The number of hydrogen-bond donors (Lipinski definition) is 1. The molecule has 1 unspecified atom stereocenters. The van der Waals surface area contributed by atoms with Crippen molar-refractivity contribution in [3.63, 3.8) is 0 Å². The molecule has 146 valence electrons. The smallest absolute Gasteiger partial charge is 0.387 e. The van der Waals surface area contributed by atoms with E-state index in [4.69, 9.17) is 4.74 Å². The first-order chi connectivity index (χ1) is 13.0. The van der Waals surface area contributed by atoms with Crippen LogP contribution in [-0.2, 0) is 11.3 Å². The van der Waals surface area contributed by atoms with Crippen molar-refractivity contribution in [1.29, 1.82) is 0 Å². The molecule has 0 saturated carbocycles. The van der Waals surface area contributed by atoms with Crippen LogP contribution >= 0.6 is 23.3 Å². The van der Waals surface area contributed by atoms with Gasteiger partial charge in [-0.05, 0) is 0 Å². The van der Waals surface area contributed by atoms with E-state index < -0.39 is 25.2 Å². The Kier molecular flexibility index (Phi) is 6.21. The lowest BCUT2D eigenvalue weighted by molar-refractivity contribution is -0.0500. The maximum absolute atomic E-state index is 12.6. The third-order valence-corrected chi connectivity index (χ3v) is 5.06. The van der Waals surface area contributed by atoms with Gasteiger partial charge in [0.05, 0.1) is 29.5 Å². The maximum Gasteiger partial charge on any atom is 0.387 e. The zero-order chi connectivity index (χ0) is 19.4. The number of aromatic nitrogens is 2. The fourth-order valence-electron chi connectivity index (χ4n) is 2.13. The van der Waals surface area contributed by atoms with Crippen LogP contribution in [0.25, 0.3) is 0 Å². The SMILES string of the molecule is CSN(Cc1ncc(C2NN=C(C(F)F)O2)s1)c1cncc(OC(F)F)c1. The van der Waals surface area contributed by atoms with Crippen molar-refractivity contribution in [3.8, 4) is 5.75 Å². The second-order valence-electron chi connectivity index (χ2n) is 5.01. The Morgan fingerprint density at radius 1 is 1.33 bits per heavy atom. The van der Waals surface area contributed by atoms with Gasteiger partial charge in [-0.2, -0.15) is 17.6 Å². The quantitative estimate of drug-likeness (QED) is 0.514. The lowest BCUT2D eigenvalue weighted by Crippen LogP contribution is -2.14. The molecular formula is C14H13F4N5O2S2. The fourth-order valence-corrected chi connectivity index (χ4v) is 3.66. The summed E-state index contributed by atoms with van der Waals surface area (Å²) in [5, 5.41) is 4.10. The van der Waals surface area contributed by atoms with E-state index in [2.05, 4.69) is 25.2 Å². The standard InChI is InChI=1S/C14H13F4N5O2S2/c1-26-23(7-2-8(4-19-3-7)24-14(17)18)6-10-20-5-9(27-10)12-21-22-13(25-12)11(15)16/h2-5,11-12,14,21H,6H2,1H3. The number of alkyl halides is 4. The molecule has 0 aliphatic carbocycles. The molecule has 0 radical (unpaired) electrons. The van der Waals surface area contributed by atoms with Crippen LogP contribution in [-0.4, -0.2) is 35.2 Å². The number of anilines is 1. The van der Waals surface area contributed by atoms with Crippen LogP contribution in [0.5, 0.6) is 5.75 Å².